The van der Waals surface area contributed by atoms with Crippen LogP contribution in [0.3, 0.4) is 0 Å². The monoisotopic (exact) mass is 275 g/mol. The Morgan fingerprint density at radius 1 is 1.35 bits per heavy atom. The van der Waals surface area contributed by atoms with Crippen molar-refractivity contribution in [3.63, 3.8) is 0 Å². The van der Waals surface area contributed by atoms with E-state index >= 15 is 0 Å². The molecule has 1 saturated heterocycles. The van der Waals surface area contributed by atoms with Crippen molar-refractivity contribution in [3.8, 4) is 0 Å². The van der Waals surface area contributed by atoms with Crippen LogP contribution >= 0.6 is 0 Å². The van der Waals surface area contributed by atoms with Crippen molar-refractivity contribution >= 4 is 11.7 Å². The van der Waals surface area contributed by atoms with E-state index in [4.69, 9.17) is 4.74 Å². The number of pyridine rings is 1. The molecule has 5 heteroatoms. The van der Waals surface area contributed by atoms with Gasteiger partial charge >= 0.3 is 0 Å². The van der Waals surface area contributed by atoms with Crippen LogP contribution in [-0.4, -0.2) is 48.6 Å². The van der Waals surface area contributed by atoms with E-state index in [1.807, 2.05) is 12.1 Å². The molecular formula is C15H21N3O2. The highest BCUT2D eigenvalue weighted by Gasteiger charge is 2.40. The quantitative estimate of drug-likeness (QED) is 0.910. The predicted octanol–water partition coefficient (Wildman–Crippen LogP) is 1.76. The predicted molar refractivity (Wildman–Crippen MR) is 76.7 cm³/mol. The van der Waals surface area contributed by atoms with E-state index in [0.29, 0.717) is 17.7 Å². The van der Waals surface area contributed by atoms with Crippen molar-refractivity contribution in [2.24, 2.45) is 5.92 Å². The highest BCUT2D eigenvalue weighted by molar-refractivity contribution is 5.93. The first-order chi connectivity index (χ1) is 9.65. The van der Waals surface area contributed by atoms with Crippen LogP contribution in [0.15, 0.2) is 18.3 Å². The number of nitrogens with zero attached hydrogens (tertiary/aromatic N) is 2. The summed E-state index contributed by atoms with van der Waals surface area (Å²) in [5, 5.41) is 3.45. The fourth-order valence-corrected chi connectivity index (χ4v) is 2.71. The lowest BCUT2D eigenvalue weighted by atomic mass is 10.1. The molecule has 2 heterocycles. The minimum Gasteiger partial charge on any atom is -0.376 e. The van der Waals surface area contributed by atoms with Crippen molar-refractivity contribution in [1.29, 1.82) is 0 Å². The van der Waals surface area contributed by atoms with E-state index in [0.717, 1.165) is 24.8 Å². The molecule has 2 unspecified atom stereocenters. The Morgan fingerprint density at radius 3 is 2.75 bits per heavy atom. The van der Waals surface area contributed by atoms with Crippen molar-refractivity contribution in [2.45, 2.75) is 31.4 Å². The Hall–Kier alpha value is -1.62. The fourth-order valence-electron chi connectivity index (χ4n) is 2.71. The Kier molecular flexibility index (Phi) is 3.61. The fraction of sp³-hybridized carbons (Fsp3) is 0.600. The third kappa shape index (κ3) is 2.77. The highest BCUT2D eigenvalue weighted by atomic mass is 16.5. The van der Waals surface area contributed by atoms with Gasteiger partial charge in [-0.1, -0.05) is 0 Å². The second-order valence-electron chi connectivity index (χ2n) is 5.84. The number of amides is 1. The Balaban J connectivity index is 1.64. The van der Waals surface area contributed by atoms with Gasteiger partial charge in [-0.25, -0.2) is 4.98 Å². The lowest BCUT2D eigenvalue weighted by Crippen LogP contribution is -2.31. The number of nitrogens with one attached hydrogen (secondary N) is 1. The first kappa shape index (κ1) is 13.4. The van der Waals surface area contributed by atoms with Gasteiger partial charge in [-0.3, -0.25) is 4.79 Å². The third-order valence-corrected chi connectivity index (χ3v) is 3.97. The molecule has 108 valence electrons. The minimum absolute atomic E-state index is 0.0240. The molecule has 1 aromatic rings. The lowest BCUT2D eigenvalue weighted by Gasteiger charge is -2.20. The van der Waals surface area contributed by atoms with E-state index in [9.17, 15) is 4.79 Å². The van der Waals surface area contributed by atoms with Crippen LogP contribution in [0.2, 0.25) is 0 Å². The van der Waals surface area contributed by atoms with E-state index < -0.39 is 0 Å². The maximum atomic E-state index is 11.8. The molecule has 1 aliphatic heterocycles. The molecule has 1 saturated carbocycles. The summed E-state index contributed by atoms with van der Waals surface area (Å²) in [7, 11) is 3.48. The summed E-state index contributed by atoms with van der Waals surface area (Å²) in [5.41, 5.74) is 0.613. The number of aromatic nitrogens is 1. The van der Waals surface area contributed by atoms with Gasteiger partial charge in [0.25, 0.3) is 5.91 Å². The molecule has 20 heavy (non-hydrogen) atoms. The third-order valence-electron chi connectivity index (χ3n) is 3.97. The summed E-state index contributed by atoms with van der Waals surface area (Å²) in [6.07, 6.45) is 5.56. The molecule has 1 N–H and O–H groups in total. The van der Waals surface area contributed by atoms with Gasteiger partial charge in [-0.2, -0.15) is 0 Å². The normalized spacial score (nSPS) is 25.5. The van der Waals surface area contributed by atoms with Gasteiger partial charge in [0.1, 0.15) is 5.82 Å². The summed E-state index contributed by atoms with van der Waals surface area (Å²) in [6.45, 7) is 0.829. The van der Waals surface area contributed by atoms with E-state index in [2.05, 4.69) is 10.3 Å². The van der Waals surface area contributed by atoms with Gasteiger partial charge in [0, 0.05) is 26.9 Å². The number of anilines is 1. The lowest BCUT2D eigenvalue weighted by molar-refractivity contribution is 0.0827. The van der Waals surface area contributed by atoms with E-state index in [-0.39, 0.29) is 5.91 Å². The number of rotatable bonds is 4. The standard InChI is InChI=1S/C15H21N3O2/c1-18(2)15(19)11-5-6-13(16-9-11)17-12-7-8-20-14(12)10-3-4-10/h5-6,9-10,12,14H,3-4,7-8H2,1-2H3,(H,16,17). The summed E-state index contributed by atoms with van der Waals surface area (Å²) >= 11 is 0. The molecule has 0 spiro atoms. The summed E-state index contributed by atoms with van der Waals surface area (Å²) in [5.74, 6) is 1.52. The van der Waals surface area contributed by atoms with Gasteiger partial charge < -0.3 is 15.0 Å². The van der Waals surface area contributed by atoms with Crippen molar-refractivity contribution < 1.29 is 9.53 Å². The van der Waals surface area contributed by atoms with Crippen molar-refractivity contribution in [1.82, 2.24) is 9.88 Å². The Bertz CT molecular complexity index is 482. The zero-order chi connectivity index (χ0) is 14.1. The second-order valence-corrected chi connectivity index (χ2v) is 5.84. The molecule has 3 rings (SSSR count). The average Bonchev–Trinajstić information content (AvgIpc) is 3.19. The number of carbonyl (C=O) groups is 1. The zero-order valence-electron chi connectivity index (χ0n) is 12.0. The van der Waals surface area contributed by atoms with Crippen LogP contribution in [0.25, 0.3) is 0 Å². The van der Waals surface area contributed by atoms with Gasteiger partial charge in [0.05, 0.1) is 17.7 Å². The summed E-state index contributed by atoms with van der Waals surface area (Å²) < 4.78 is 5.80. The maximum absolute atomic E-state index is 11.8. The van der Waals surface area contributed by atoms with Crippen LogP contribution in [0, 0.1) is 5.92 Å². The number of ether oxygens (including phenoxy) is 1. The first-order valence-electron chi connectivity index (χ1n) is 7.21. The van der Waals surface area contributed by atoms with E-state index in [1.165, 1.54) is 12.8 Å². The molecule has 0 radical (unpaired) electrons. The Morgan fingerprint density at radius 2 is 2.15 bits per heavy atom. The molecule has 2 fully saturated rings. The number of carbonyl (C=O) groups excluding carboxylic acids is 1. The largest absolute Gasteiger partial charge is 0.376 e. The van der Waals surface area contributed by atoms with Crippen LogP contribution in [-0.2, 0) is 4.74 Å². The minimum atomic E-state index is -0.0240. The molecule has 5 nitrogen and oxygen atoms in total. The van der Waals surface area contributed by atoms with Gasteiger partial charge in [-0.05, 0) is 37.3 Å². The molecule has 0 bridgehead atoms. The van der Waals surface area contributed by atoms with Crippen LogP contribution < -0.4 is 5.32 Å². The number of hydrogen-bond acceptors (Lipinski definition) is 4. The smallest absolute Gasteiger partial charge is 0.254 e. The molecule has 2 atom stereocenters. The molecule has 0 aromatic carbocycles. The topological polar surface area (TPSA) is 54.5 Å². The van der Waals surface area contributed by atoms with Crippen molar-refractivity contribution in [3.05, 3.63) is 23.9 Å². The molecule has 1 aromatic heterocycles. The zero-order valence-corrected chi connectivity index (χ0v) is 12.0. The maximum Gasteiger partial charge on any atom is 0.254 e. The first-order valence-corrected chi connectivity index (χ1v) is 7.21. The molecule has 2 aliphatic rings. The van der Waals surface area contributed by atoms with Crippen LogP contribution in [0.5, 0.6) is 0 Å². The molecular weight excluding hydrogens is 254 g/mol. The van der Waals surface area contributed by atoms with Gasteiger partial charge in [-0.15, -0.1) is 0 Å². The average molecular weight is 275 g/mol. The Labute approximate surface area is 119 Å². The van der Waals surface area contributed by atoms with Crippen molar-refractivity contribution in [2.75, 3.05) is 26.0 Å². The summed E-state index contributed by atoms with van der Waals surface area (Å²) in [6, 6.07) is 4.05. The van der Waals surface area contributed by atoms with E-state index in [1.54, 1.807) is 25.2 Å². The SMILES string of the molecule is CN(C)C(=O)c1ccc(NC2CCOC2C2CC2)nc1. The van der Waals surface area contributed by atoms with Gasteiger partial charge in [0.15, 0.2) is 0 Å². The molecule has 1 aliphatic carbocycles. The summed E-state index contributed by atoms with van der Waals surface area (Å²) in [4.78, 5) is 17.7. The van der Waals surface area contributed by atoms with Crippen LogP contribution in [0.1, 0.15) is 29.6 Å². The molecule has 1 amide bonds. The highest BCUT2D eigenvalue weighted by Crippen LogP contribution is 2.39. The van der Waals surface area contributed by atoms with Gasteiger partial charge in [0.2, 0.25) is 0 Å². The van der Waals surface area contributed by atoms with Crippen LogP contribution in [0.4, 0.5) is 5.82 Å². The second kappa shape index (κ2) is 5.40. The number of hydrogen-bond donors (Lipinski definition) is 1.